The van der Waals surface area contributed by atoms with Crippen LogP contribution in [0.3, 0.4) is 0 Å². The molecular weight excluding hydrogens is 326 g/mol. The van der Waals surface area contributed by atoms with Crippen molar-refractivity contribution in [3.8, 4) is 0 Å². The summed E-state index contributed by atoms with van der Waals surface area (Å²) >= 11 is 0. The molecule has 0 spiro atoms. The first-order chi connectivity index (χ1) is 12.7. The number of benzene rings is 2. The zero-order valence-corrected chi connectivity index (χ0v) is 15.1. The second-order valence-electron chi connectivity index (χ2n) is 6.93. The molecule has 3 rings (SSSR count). The van der Waals surface area contributed by atoms with Crippen LogP contribution in [0, 0.1) is 0 Å². The number of hydrogen-bond acceptors (Lipinski definition) is 4. The van der Waals surface area contributed by atoms with Gasteiger partial charge in [-0.3, -0.25) is 4.90 Å². The Hall–Kier alpha value is -2.17. The minimum Gasteiger partial charge on any atom is -0.462 e. The fraction of sp³-hybridized carbons (Fsp3) is 0.409. The fourth-order valence-corrected chi connectivity index (χ4v) is 3.47. The van der Waals surface area contributed by atoms with Gasteiger partial charge in [0.15, 0.2) is 5.60 Å². The normalized spacial score (nSPS) is 17.4. The smallest absolute Gasteiger partial charge is 0.343 e. The van der Waals surface area contributed by atoms with Crippen molar-refractivity contribution in [2.75, 3.05) is 26.2 Å². The van der Waals surface area contributed by atoms with Crippen LogP contribution in [0.1, 0.15) is 30.4 Å². The van der Waals surface area contributed by atoms with Crippen LogP contribution in [0.4, 0.5) is 0 Å². The van der Waals surface area contributed by atoms with E-state index in [1.54, 1.807) is 12.1 Å². The van der Waals surface area contributed by atoms with E-state index < -0.39 is 11.6 Å². The van der Waals surface area contributed by atoms with Crippen LogP contribution >= 0.6 is 0 Å². The van der Waals surface area contributed by atoms with Gasteiger partial charge in [0.05, 0.1) is 0 Å². The van der Waals surface area contributed by atoms with E-state index >= 15 is 0 Å². The summed E-state index contributed by atoms with van der Waals surface area (Å²) in [6.45, 7) is 3.15. The van der Waals surface area contributed by atoms with Crippen molar-refractivity contribution in [1.29, 1.82) is 0 Å². The molecule has 0 radical (unpaired) electrons. The highest BCUT2D eigenvalue weighted by Gasteiger charge is 2.39. The van der Waals surface area contributed by atoms with E-state index in [4.69, 9.17) is 4.74 Å². The first-order valence-electron chi connectivity index (χ1n) is 9.40. The van der Waals surface area contributed by atoms with Crippen LogP contribution in [0.25, 0.3) is 0 Å². The number of hydrogen-bond donors (Lipinski definition) is 1. The lowest BCUT2D eigenvalue weighted by Gasteiger charge is -2.29. The van der Waals surface area contributed by atoms with E-state index in [1.165, 1.54) is 19.3 Å². The Kier molecular flexibility index (Phi) is 6.42. The predicted molar refractivity (Wildman–Crippen MR) is 102 cm³/mol. The van der Waals surface area contributed by atoms with Crippen molar-refractivity contribution in [2.24, 2.45) is 0 Å². The molecule has 0 amide bonds. The molecule has 4 nitrogen and oxygen atoms in total. The lowest BCUT2D eigenvalue weighted by molar-refractivity contribution is -0.167. The van der Waals surface area contributed by atoms with Gasteiger partial charge in [-0.25, -0.2) is 4.79 Å². The maximum Gasteiger partial charge on any atom is 0.343 e. The molecule has 1 saturated heterocycles. The first kappa shape index (κ1) is 18.6. The Morgan fingerprint density at radius 2 is 1.58 bits per heavy atom. The van der Waals surface area contributed by atoms with Gasteiger partial charge in [-0.1, -0.05) is 67.1 Å². The van der Waals surface area contributed by atoms with Gasteiger partial charge in [0.25, 0.3) is 0 Å². The van der Waals surface area contributed by atoms with E-state index in [9.17, 15) is 9.90 Å². The quantitative estimate of drug-likeness (QED) is 0.777. The molecule has 26 heavy (non-hydrogen) atoms. The second-order valence-corrected chi connectivity index (χ2v) is 6.93. The van der Waals surface area contributed by atoms with E-state index in [-0.39, 0.29) is 6.42 Å². The molecule has 2 aromatic carbocycles. The first-order valence-corrected chi connectivity index (χ1v) is 9.40. The average Bonchev–Trinajstić information content (AvgIpc) is 2.70. The van der Waals surface area contributed by atoms with Crippen molar-refractivity contribution < 1.29 is 14.6 Å². The lowest BCUT2D eigenvalue weighted by Crippen LogP contribution is -2.41. The third kappa shape index (κ3) is 4.71. The molecule has 1 heterocycles. The summed E-state index contributed by atoms with van der Waals surface area (Å²) in [6, 6.07) is 18.6. The van der Waals surface area contributed by atoms with E-state index in [0.717, 1.165) is 25.2 Å². The third-order valence-corrected chi connectivity index (χ3v) is 4.98. The molecule has 0 aromatic heterocycles. The van der Waals surface area contributed by atoms with Gasteiger partial charge in [-0.05, 0) is 37.1 Å². The molecule has 1 N–H and O–H groups in total. The van der Waals surface area contributed by atoms with Crippen LogP contribution in [-0.4, -0.2) is 42.2 Å². The number of carbonyl (C=O) groups is 1. The SMILES string of the molecule is O=C(OCCN1CCCCC1)C(O)(Cc1ccccc1)c1ccccc1. The lowest BCUT2D eigenvalue weighted by atomic mass is 9.87. The number of rotatable bonds is 7. The largest absolute Gasteiger partial charge is 0.462 e. The molecule has 0 bridgehead atoms. The summed E-state index contributed by atoms with van der Waals surface area (Å²) < 4.78 is 5.51. The summed E-state index contributed by atoms with van der Waals surface area (Å²) in [6.07, 6.45) is 3.88. The number of carbonyl (C=O) groups excluding carboxylic acids is 1. The van der Waals surface area contributed by atoms with E-state index in [1.807, 2.05) is 48.5 Å². The minimum absolute atomic E-state index is 0.195. The molecule has 1 aliphatic rings. The highest BCUT2D eigenvalue weighted by atomic mass is 16.5. The Balaban J connectivity index is 1.69. The van der Waals surface area contributed by atoms with Crippen LogP contribution in [-0.2, 0) is 21.6 Å². The number of ether oxygens (including phenoxy) is 1. The Labute approximate surface area is 155 Å². The third-order valence-electron chi connectivity index (χ3n) is 4.98. The minimum atomic E-state index is -1.68. The van der Waals surface area contributed by atoms with Crippen molar-refractivity contribution in [3.05, 3.63) is 71.8 Å². The summed E-state index contributed by atoms with van der Waals surface area (Å²) in [4.78, 5) is 15.1. The van der Waals surface area contributed by atoms with Crippen LogP contribution in [0.2, 0.25) is 0 Å². The molecule has 1 fully saturated rings. The standard InChI is InChI=1S/C22H27NO3/c24-21(26-17-16-23-14-8-3-9-15-23)22(25,20-12-6-2-7-13-20)18-19-10-4-1-5-11-19/h1-2,4-7,10-13,25H,3,8-9,14-18H2. The Bertz CT molecular complexity index is 683. The number of likely N-dealkylation sites (tertiary alicyclic amines) is 1. The summed E-state index contributed by atoms with van der Waals surface area (Å²) in [5, 5.41) is 11.3. The number of esters is 1. The predicted octanol–water partition coefficient (Wildman–Crippen LogP) is 3.15. The van der Waals surface area contributed by atoms with Crippen molar-refractivity contribution in [2.45, 2.75) is 31.3 Å². The van der Waals surface area contributed by atoms with Crippen LogP contribution in [0.15, 0.2) is 60.7 Å². The van der Waals surface area contributed by atoms with Gasteiger partial charge in [-0.15, -0.1) is 0 Å². The Morgan fingerprint density at radius 3 is 2.23 bits per heavy atom. The van der Waals surface area contributed by atoms with Crippen molar-refractivity contribution in [3.63, 3.8) is 0 Å². The van der Waals surface area contributed by atoms with Gasteiger partial charge in [0, 0.05) is 13.0 Å². The molecule has 1 atom stereocenters. The van der Waals surface area contributed by atoms with Crippen molar-refractivity contribution >= 4 is 5.97 Å². The van der Waals surface area contributed by atoms with Gasteiger partial charge >= 0.3 is 5.97 Å². The average molecular weight is 353 g/mol. The van der Waals surface area contributed by atoms with E-state index in [0.29, 0.717) is 12.2 Å². The van der Waals surface area contributed by atoms with Crippen LogP contribution < -0.4 is 0 Å². The molecule has 0 aliphatic carbocycles. The van der Waals surface area contributed by atoms with Gasteiger partial charge < -0.3 is 9.84 Å². The highest BCUT2D eigenvalue weighted by Crippen LogP contribution is 2.27. The molecule has 2 aromatic rings. The van der Waals surface area contributed by atoms with Gasteiger partial charge in [-0.2, -0.15) is 0 Å². The maximum absolute atomic E-state index is 12.8. The molecule has 1 aliphatic heterocycles. The topological polar surface area (TPSA) is 49.8 Å². The number of piperidine rings is 1. The maximum atomic E-state index is 12.8. The molecule has 1 unspecified atom stereocenters. The van der Waals surface area contributed by atoms with Gasteiger partial charge in [0.2, 0.25) is 0 Å². The highest BCUT2D eigenvalue weighted by molar-refractivity contribution is 5.81. The van der Waals surface area contributed by atoms with Gasteiger partial charge in [0.1, 0.15) is 6.61 Å². The number of nitrogens with zero attached hydrogens (tertiary/aromatic N) is 1. The monoisotopic (exact) mass is 353 g/mol. The molecule has 138 valence electrons. The number of aliphatic hydroxyl groups is 1. The summed E-state index contributed by atoms with van der Waals surface area (Å²) in [7, 11) is 0. The summed E-state index contributed by atoms with van der Waals surface area (Å²) in [5.41, 5.74) is -0.219. The van der Waals surface area contributed by atoms with Crippen molar-refractivity contribution in [1.82, 2.24) is 4.90 Å². The van der Waals surface area contributed by atoms with Crippen LogP contribution in [0.5, 0.6) is 0 Å². The fourth-order valence-electron chi connectivity index (χ4n) is 3.47. The zero-order valence-electron chi connectivity index (χ0n) is 15.1. The molecule has 4 heteroatoms. The summed E-state index contributed by atoms with van der Waals surface area (Å²) in [5.74, 6) is -0.579. The molecule has 0 saturated carbocycles. The Morgan fingerprint density at radius 1 is 0.962 bits per heavy atom. The van der Waals surface area contributed by atoms with E-state index in [2.05, 4.69) is 4.90 Å². The zero-order chi connectivity index (χ0) is 18.2. The second kappa shape index (κ2) is 8.97. The molecular formula is C22H27NO3.